The average Bonchev–Trinajstić information content (AvgIpc) is 3.32. The van der Waals surface area contributed by atoms with Gasteiger partial charge in [-0.2, -0.15) is 0 Å². The van der Waals surface area contributed by atoms with Gasteiger partial charge in [-0.1, -0.05) is 24.3 Å². The van der Waals surface area contributed by atoms with E-state index >= 15 is 0 Å². The van der Waals surface area contributed by atoms with Gasteiger partial charge in [0, 0.05) is 6.54 Å². The molecule has 2 fully saturated rings. The molecule has 0 aromatic heterocycles. The minimum atomic E-state index is -3.30. The number of aliphatic hydroxyl groups excluding tert-OH is 1. The molecule has 21 heavy (non-hydrogen) atoms. The van der Waals surface area contributed by atoms with Crippen LogP contribution in [0.4, 0.5) is 0 Å². The van der Waals surface area contributed by atoms with Crippen molar-refractivity contribution in [1.29, 1.82) is 0 Å². The maximum atomic E-state index is 12.2. The molecule has 0 saturated heterocycles. The molecule has 116 valence electrons. The van der Waals surface area contributed by atoms with Crippen LogP contribution in [0.3, 0.4) is 0 Å². The maximum Gasteiger partial charge on any atom is 0.215 e. The van der Waals surface area contributed by atoms with Crippen molar-refractivity contribution < 1.29 is 13.5 Å². The third kappa shape index (κ3) is 4.28. The lowest BCUT2D eigenvalue weighted by Crippen LogP contribution is -2.32. The van der Waals surface area contributed by atoms with Gasteiger partial charge >= 0.3 is 0 Å². The van der Waals surface area contributed by atoms with Crippen LogP contribution in [0, 0.1) is 17.8 Å². The van der Waals surface area contributed by atoms with Crippen molar-refractivity contribution in [3.63, 3.8) is 0 Å². The van der Waals surface area contributed by atoms with Gasteiger partial charge in [-0.15, -0.1) is 0 Å². The maximum absolute atomic E-state index is 12.2. The zero-order valence-electron chi connectivity index (χ0n) is 12.2. The molecule has 2 N–H and O–H groups in total. The van der Waals surface area contributed by atoms with Crippen molar-refractivity contribution in [1.82, 2.24) is 4.72 Å². The molecule has 0 spiro atoms. The predicted molar refractivity (Wildman–Crippen MR) is 81.9 cm³/mol. The first-order valence-corrected chi connectivity index (χ1v) is 9.38. The number of rotatable bonds is 8. The number of hydrogen-bond donors (Lipinski definition) is 2. The molecule has 2 aliphatic rings. The van der Waals surface area contributed by atoms with Crippen molar-refractivity contribution >= 4 is 10.0 Å². The topological polar surface area (TPSA) is 66.4 Å². The fraction of sp³-hybridized carbons (Fsp3) is 0.625. The molecule has 5 heteroatoms. The SMILES string of the molecule is O=S(=O)(Cc1cccc(CO)c1)NCC(C1CC1)C1CC1. The second-order valence-electron chi connectivity index (χ2n) is 6.42. The van der Waals surface area contributed by atoms with Crippen LogP contribution in [0.1, 0.15) is 36.8 Å². The molecule has 0 unspecified atom stereocenters. The molecule has 4 nitrogen and oxygen atoms in total. The summed E-state index contributed by atoms with van der Waals surface area (Å²) in [4.78, 5) is 0. The molecule has 1 aromatic rings. The first-order valence-electron chi connectivity index (χ1n) is 7.73. The Morgan fingerprint density at radius 3 is 2.33 bits per heavy atom. The third-order valence-corrected chi connectivity index (χ3v) is 5.84. The van der Waals surface area contributed by atoms with E-state index in [4.69, 9.17) is 5.11 Å². The summed E-state index contributed by atoms with van der Waals surface area (Å²) < 4.78 is 27.2. The molecule has 3 rings (SSSR count). The van der Waals surface area contributed by atoms with Gasteiger partial charge in [-0.05, 0) is 54.6 Å². The monoisotopic (exact) mass is 309 g/mol. The standard InChI is InChI=1S/C16H23NO3S/c18-10-12-2-1-3-13(8-12)11-21(19,20)17-9-16(14-4-5-14)15-6-7-15/h1-3,8,14-18H,4-7,9-11H2. The zero-order valence-corrected chi connectivity index (χ0v) is 13.0. The van der Waals surface area contributed by atoms with Gasteiger partial charge in [0.05, 0.1) is 12.4 Å². The first kappa shape index (κ1) is 15.0. The van der Waals surface area contributed by atoms with Crippen LogP contribution >= 0.6 is 0 Å². The van der Waals surface area contributed by atoms with Crippen LogP contribution in [0.5, 0.6) is 0 Å². The zero-order chi connectivity index (χ0) is 14.9. The largest absolute Gasteiger partial charge is 0.392 e. The fourth-order valence-electron chi connectivity index (χ4n) is 3.08. The fourth-order valence-corrected chi connectivity index (χ4v) is 4.25. The van der Waals surface area contributed by atoms with Crippen LogP contribution < -0.4 is 4.72 Å². The van der Waals surface area contributed by atoms with Gasteiger partial charge in [0.2, 0.25) is 10.0 Å². The van der Waals surface area contributed by atoms with Gasteiger partial charge in [0.25, 0.3) is 0 Å². The summed E-state index contributed by atoms with van der Waals surface area (Å²) in [5.74, 6) is 2.03. The Hall–Kier alpha value is -0.910. The van der Waals surface area contributed by atoms with Crippen LogP contribution in [-0.2, 0) is 22.4 Å². The highest BCUT2D eigenvalue weighted by atomic mass is 32.2. The number of benzene rings is 1. The van der Waals surface area contributed by atoms with Crippen molar-refractivity contribution in [2.24, 2.45) is 17.8 Å². The van der Waals surface area contributed by atoms with Gasteiger partial charge < -0.3 is 5.11 Å². The van der Waals surface area contributed by atoms with Gasteiger partial charge in [-0.25, -0.2) is 13.1 Å². The molecular formula is C16H23NO3S. The van der Waals surface area contributed by atoms with Gasteiger partial charge in [-0.3, -0.25) is 0 Å². The van der Waals surface area contributed by atoms with E-state index in [-0.39, 0.29) is 12.4 Å². The number of aliphatic hydroxyl groups is 1. The second kappa shape index (κ2) is 6.07. The summed E-state index contributed by atoms with van der Waals surface area (Å²) in [7, 11) is -3.30. The summed E-state index contributed by atoms with van der Waals surface area (Å²) in [6.07, 6.45) is 5.06. The lowest BCUT2D eigenvalue weighted by atomic mass is 9.99. The first-order chi connectivity index (χ1) is 10.1. The summed E-state index contributed by atoms with van der Waals surface area (Å²) >= 11 is 0. The summed E-state index contributed by atoms with van der Waals surface area (Å²) in [5, 5.41) is 9.11. The van der Waals surface area contributed by atoms with E-state index in [1.807, 2.05) is 0 Å². The summed E-state index contributed by atoms with van der Waals surface area (Å²) in [5.41, 5.74) is 1.47. The number of sulfonamides is 1. The van der Waals surface area contributed by atoms with Crippen LogP contribution in [0.15, 0.2) is 24.3 Å². The van der Waals surface area contributed by atoms with Crippen molar-refractivity contribution in [3.05, 3.63) is 35.4 Å². The molecule has 0 amide bonds. The quantitative estimate of drug-likeness (QED) is 0.772. The minimum absolute atomic E-state index is 0.0110. The van der Waals surface area contributed by atoms with Crippen LogP contribution in [0.2, 0.25) is 0 Å². The number of nitrogens with one attached hydrogen (secondary N) is 1. The van der Waals surface area contributed by atoms with E-state index in [0.29, 0.717) is 12.5 Å². The minimum Gasteiger partial charge on any atom is -0.392 e. The summed E-state index contributed by atoms with van der Waals surface area (Å²) in [6, 6.07) is 7.11. The Morgan fingerprint density at radius 1 is 1.14 bits per heavy atom. The Kier molecular flexibility index (Phi) is 4.33. The highest BCUT2D eigenvalue weighted by Crippen LogP contribution is 2.48. The smallest absolute Gasteiger partial charge is 0.215 e. The predicted octanol–water partition coefficient (Wildman–Crippen LogP) is 2.03. The van der Waals surface area contributed by atoms with E-state index < -0.39 is 10.0 Å². The molecule has 2 saturated carbocycles. The molecule has 0 radical (unpaired) electrons. The van der Waals surface area contributed by atoms with Gasteiger partial charge in [0.1, 0.15) is 0 Å². The molecule has 0 atom stereocenters. The molecule has 1 aromatic carbocycles. The Morgan fingerprint density at radius 2 is 1.76 bits per heavy atom. The van der Waals surface area contributed by atoms with Crippen LogP contribution in [0.25, 0.3) is 0 Å². The molecule has 0 aliphatic heterocycles. The molecule has 0 heterocycles. The van der Waals surface area contributed by atoms with E-state index in [2.05, 4.69) is 4.72 Å². The average molecular weight is 309 g/mol. The van der Waals surface area contributed by atoms with E-state index in [1.165, 1.54) is 25.7 Å². The van der Waals surface area contributed by atoms with E-state index in [9.17, 15) is 8.42 Å². The van der Waals surface area contributed by atoms with E-state index in [1.54, 1.807) is 24.3 Å². The Balaban J connectivity index is 1.58. The molecular weight excluding hydrogens is 286 g/mol. The second-order valence-corrected chi connectivity index (χ2v) is 8.23. The lowest BCUT2D eigenvalue weighted by molar-refractivity contribution is 0.282. The highest BCUT2D eigenvalue weighted by molar-refractivity contribution is 7.88. The highest BCUT2D eigenvalue weighted by Gasteiger charge is 2.41. The third-order valence-electron chi connectivity index (χ3n) is 4.52. The number of hydrogen-bond acceptors (Lipinski definition) is 3. The normalized spacial score (nSPS) is 19.1. The summed E-state index contributed by atoms with van der Waals surface area (Å²) in [6.45, 7) is 0.532. The lowest BCUT2D eigenvalue weighted by Gasteiger charge is -2.16. The Bertz CT molecular complexity index is 579. The molecule has 0 bridgehead atoms. The Labute approximate surface area is 126 Å². The van der Waals surface area contributed by atoms with Crippen molar-refractivity contribution in [3.8, 4) is 0 Å². The molecule has 2 aliphatic carbocycles. The van der Waals surface area contributed by atoms with Crippen LogP contribution in [-0.4, -0.2) is 20.1 Å². The van der Waals surface area contributed by atoms with Crippen molar-refractivity contribution in [2.75, 3.05) is 6.54 Å². The van der Waals surface area contributed by atoms with Gasteiger partial charge in [0.15, 0.2) is 0 Å². The van der Waals surface area contributed by atoms with Crippen molar-refractivity contribution in [2.45, 2.75) is 38.0 Å². The van der Waals surface area contributed by atoms with E-state index in [0.717, 1.165) is 23.0 Å².